The van der Waals surface area contributed by atoms with Crippen LogP contribution < -0.4 is 5.32 Å². The molecule has 0 saturated carbocycles. The van der Waals surface area contributed by atoms with E-state index in [1.54, 1.807) is 12.1 Å². The monoisotopic (exact) mass is 388 g/mol. The van der Waals surface area contributed by atoms with Gasteiger partial charge in [0.15, 0.2) is 0 Å². The van der Waals surface area contributed by atoms with Gasteiger partial charge in [-0.05, 0) is 59.9 Å². The summed E-state index contributed by atoms with van der Waals surface area (Å²) < 4.78 is 13.1. The zero-order valence-electron chi connectivity index (χ0n) is 16.6. The number of benzene rings is 3. The number of amides is 1. The molecule has 1 atom stereocenters. The van der Waals surface area contributed by atoms with Gasteiger partial charge in [-0.2, -0.15) is 0 Å². The summed E-state index contributed by atoms with van der Waals surface area (Å²) in [5.41, 5.74) is 5.57. The van der Waals surface area contributed by atoms with Crippen LogP contribution in [-0.2, 0) is 19.5 Å². The molecule has 1 amide bonds. The highest BCUT2D eigenvalue weighted by molar-refractivity contribution is 5.94. The molecule has 3 nitrogen and oxygen atoms in total. The Labute approximate surface area is 171 Å². The van der Waals surface area contributed by atoms with Crippen molar-refractivity contribution in [2.75, 3.05) is 6.54 Å². The Hall–Kier alpha value is -2.98. The van der Waals surface area contributed by atoms with Crippen molar-refractivity contribution in [2.45, 2.75) is 32.5 Å². The van der Waals surface area contributed by atoms with Gasteiger partial charge in [0, 0.05) is 25.2 Å². The van der Waals surface area contributed by atoms with Gasteiger partial charge in [-0.3, -0.25) is 9.69 Å². The van der Waals surface area contributed by atoms with Crippen LogP contribution in [0.15, 0.2) is 72.8 Å². The van der Waals surface area contributed by atoms with Crippen LogP contribution in [0.2, 0.25) is 0 Å². The highest BCUT2D eigenvalue weighted by atomic mass is 19.1. The number of hydrogen-bond acceptors (Lipinski definition) is 2. The van der Waals surface area contributed by atoms with E-state index in [0.29, 0.717) is 5.56 Å². The van der Waals surface area contributed by atoms with Crippen LogP contribution in [0.5, 0.6) is 0 Å². The minimum atomic E-state index is -0.278. The van der Waals surface area contributed by atoms with Gasteiger partial charge in [0.1, 0.15) is 5.82 Å². The maximum atomic E-state index is 13.1. The Bertz CT molecular complexity index is 982. The second-order valence-electron chi connectivity index (χ2n) is 7.67. The SMILES string of the molecule is C[C@H](NC(=O)c1ccc(CN2CCc3ccccc3C2)cc1)c1ccc(F)cc1. The lowest BCUT2D eigenvalue weighted by atomic mass is 9.99. The number of nitrogens with one attached hydrogen (secondary N) is 1. The van der Waals surface area contributed by atoms with E-state index in [1.165, 1.54) is 28.8 Å². The summed E-state index contributed by atoms with van der Waals surface area (Å²) in [6.45, 7) is 4.79. The van der Waals surface area contributed by atoms with Crippen molar-refractivity contribution in [3.8, 4) is 0 Å². The Morgan fingerprint density at radius 2 is 1.69 bits per heavy atom. The summed E-state index contributed by atoms with van der Waals surface area (Å²) >= 11 is 0. The van der Waals surface area contributed by atoms with E-state index in [-0.39, 0.29) is 17.8 Å². The molecule has 29 heavy (non-hydrogen) atoms. The van der Waals surface area contributed by atoms with E-state index in [2.05, 4.69) is 34.5 Å². The van der Waals surface area contributed by atoms with Gasteiger partial charge in [-0.25, -0.2) is 4.39 Å². The minimum Gasteiger partial charge on any atom is -0.346 e. The lowest BCUT2D eigenvalue weighted by Crippen LogP contribution is -2.30. The van der Waals surface area contributed by atoms with E-state index in [1.807, 2.05) is 31.2 Å². The molecular weight excluding hydrogens is 363 g/mol. The van der Waals surface area contributed by atoms with Crippen molar-refractivity contribution in [2.24, 2.45) is 0 Å². The zero-order chi connectivity index (χ0) is 20.2. The van der Waals surface area contributed by atoms with Crippen molar-refractivity contribution in [3.05, 3.63) is 106 Å². The summed E-state index contributed by atoms with van der Waals surface area (Å²) in [4.78, 5) is 15.0. The molecule has 0 aliphatic carbocycles. The second-order valence-corrected chi connectivity index (χ2v) is 7.67. The lowest BCUT2D eigenvalue weighted by molar-refractivity contribution is 0.0940. The summed E-state index contributed by atoms with van der Waals surface area (Å²) in [7, 11) is 0. The maximum absolute atomic E-state index is 13.1. The Morgan fingerprint density at radius 1 is 1.00 bits per heavy atom. The molecule has 148 valence electrons. The second kappa shape index (κ2) is 8.58. The molecule has 4 rings (SSSR count). The number of halogens is 1. The number of hydrogen-bond donors (Lipinski definition) is 1. The van der Waals surface area contributed by atoms with E-state index < -0.39 is 0 Å². The Balaban J connectivity index is 1.35. The molecule has 0 unspecified atom stereocenters. The highest BCUT2D eigenvalue weighted by Crippen LogP contribution is 2.20. The highest BCUT2D eigenvalue weighted by Gasteiger charge is 2.16. The Morgan fingerprint density at radius 3 is 2.41 bits per heavy atom. The maximum Gasteiger partial charge on any atom is 0.251 e. The van der Waals surface area contributed by atoms with Gasteiger partial charge in [0.05, 0.1) is 6.04 Å². The summed E-state index contributed by atoms with van der Waals surface area (Å²) in [6.07, 6.45) is 1.08. The van der Waals surface area contributed by atoms with Gasteiger partial charge in [0.2, 0.25) is 0 Å². The largest absolute Gasteiger partial charge is 0.346 e. The third-order valence-electron chi connectivity index (χ3n) is 5.55. The average molecular weight is 388 g/mol. The first-order valence-corrected chi connectivity index (χ1v) is 10.0. The van der Waals surface area contributed by atoms with Crippen molar-refractivity contribution in [3.63, 3.8) is 0 Å². The molecule has 3 aromatic carbocycles. The molecule has 3 aromatic rings. The van der Waals surface area contributed by atoms with Crippen LogP contribution in [-0.4, -0.2) is 17.4 Å². The topological polar surface area (TPSA) is 32.3 Å². The zero-order valence-corrected chi connectivity index (χ0v) is 16.6. The molecule has 4 heteroatoms. The van der Waals surface area contributed by atoms with Crippen LogP contribution in [0.25, 0.3) is 0 Å². The molecule has 0 saturated heterocycles. The van der Waals surface area contributed by atoms with E-state index in [9.17, 15) is 9.18 Å². The third kappa shape index (κ3) is 4.72. The van der Waals surface area contributed by atoms with Crippen molar-refractivity contribution >= 4 is 5.91 Å². The summed E-state index contributed by atoms with van der Waals surface area (Å²) in [6, 6.07) is 22.5. The predicted octanol–water partition coefficient (Wildman–Crippen LogP) is 4.88. The van der Waals surface area contributed by atoms with Crippen molar-refractivity contribution < 1.29 is 9.18 Å². The summed E-state index contributed by atoms with van der Waals surface area (Å²) in [5.74, 6) is -0.402. The first kappa shape index (κ1) is 19.3. The number of nitrogens with zero attached hydrogens (tertiary/aromatic N) is 1. The van der Waals surface area contributed by atoms with Crippen molar-refractivity contribution in [1.29, 1.82) is 0 Å². The number of carbonyl (C=O) groups is 1. The predicted molar refractivity (Wildman–Crippen MR) is 113 cm³/mol. The number of fused-ring (bicyclic) bond motifs is 1. The van der Waals surface area contributed by atoms with Crippen LogP contribution in [0, 0.1) is 5.82 Å². The van der Waals surface area contributed by atoms with Gasteiger partial charge in [-0.1, -0.05) is 48.5 Å². The number of rotatable bonds is 5. The van der Waals surface area contributed by atoms with Gasteiger partial charge >= 0.3 is 0 Å². The molecular formula is C25H25FN2O. The normalized spacial score (nSPS) is 14.8. The molecule has 1 aliphatic rings. The standard InChI is InChI=1S/C25H25FN2O/c1-18(20-10-12-24(26)13-11-20)27-25(29)22-8-6-19(7-9-22)16-28-15-14-21-4-2-3-5-23(21)17-28/h2-13,18H,14-17H2,1H3,(H,27,29)/t18-/m0/s1. The molecule has 0 fully saturated rings. The number of carbonyl (C=O) groups excluding carboxylic acids is 1. The molecule has 1 aliphatic heterocycles. The fourth-order valence-electron chi connectivity index (χ4n) is 3.82. The van der Waals surface area contributed by atoms with Crippen molar-refractivity contribution in [1.82, 2.24) is 10.2 Å². The van der Waals surface area contributed by atoms with Gasteiger partial charge in [0.25, 0.3) is 5.91 Å². The van der Waals surface area contributed by atoms with Crippen LogP contribution in [0.4, 0.5) is 4.39 Å². The molecule has 0 radical (unpaired) electrons. The first-order valence-electron chi connectivity index (χ1n) is 10.0. The average Bonchev–Trinajstić information content (AvgIpc) is 2.74. The molecule has 0 spiro atoms. The van der Waals surface area contributed by atoms with Gasteiger partial charge in [-0.15, -0.1) is 0 Å². The fraction of sp³-hybridized carbons (Fsp3) is 0.240. The van der Waals surface area contributed by atoms with Crippen LogP contribution >= 0.6 is 0 Å². The molecule has 0 aromatic heterocycles. The van der Waals surface area contributed by atoms with Gasteiger partial charge < -0.3 is 5.32 Å². The first-order chi connectivity index (χ1) is 14.1. The minimum absolute atomic E-state index is 0.125. The quantitative estimate of drug-likeness (QED) is 0.676. The summed E-state index contributed by atoms with van der Waals surface area (Å²) in [5, 5.41) is 2.97. The van der Waals surface area contributed by atoms with E-state index in [0.717, 1.165) is 31.6 Å². The van der Waals surface area contributed by atoms with Crippen LogP contribution in [0.1, 0.15) is 45.6 Å². The van der Waals surface area contributed by atoms with E-state index >= 15 is 0 Å². The lowest BCUT2D eigenvalue weighted by Gasteiger charge is -2.28. The van der Waals surface area contributed by atoms with E-state index in [4.69, 9.17) is 0 Å². The molecule has 0 bridgehead atoms. The molecule has 1 N–H and O–H groups in total. The smallest absolute Gasteiger partial charge is 0.251 e. The molecule has 1 heterocycles. The fourth-order valence-corrected chi connectivity index (χ4v) is 3.82. The van der Waals surface area contributed by atoms with Crippen LogP contribution in [0.3, 0.4) is 0 Å². The third-order valence-corrected chi connectivity index (χ3v) is 5.55. The Kier molecular flexibility index (Phi) is 5.72.